The van der Waals surface area contributed by atoms with Crippen molar-refractivity contribution in [3.8, 4) is 0 Å². The Labute approximate surface area is 201 Å². The summed E-state index contributed by atoms with van der Waals surface area (Å²) in [5.41, 5.74) is 1.62. The summed E-state index contributed by atoms with van der Waals surface area (Å²) in [7, 11) is 0. The lowest BCUT2D eigenvalue weighted by Crippen LogP contribution is -2.43. The van der Waals surface area contributed by atoms with E-state index in [1.54, 1.807) is 24.3 Å². The number of fused-ring (bicyclic) bond motifs is 1. The molecule has 0 aliphatic carbocycles. The number of carbonyl (C=O) groups is 3. The first-order chi connectivity index (χ1) is 17.0. The number of benzene rings is 2. The molecule has 0 spiro atoms. The zero-order chi connectivity index (χ0) is 24.4. The molecule has 0 bridgehead atoms. The molecule has 35 heavy (non-hydrogen) atoms. The minimum absolute atomic E-state index is 0.0276. The van der Waals surface area contributed by atoms with Gasteiger partial charge >= 0.3 is 0 Å². The molecule has 1 atom stereocenters. The van der Waals surface area contributed by atoms with Crippen LogP contribution >= 0.6 is 0 Å². The zero-order valence-corrected chi connectivity index (χ0v) is 18.9. The van der Waals surface area contributed by atoms with E-state index >= 15 is 0 Å². The molecule has 1 N–H and O–H groups in total. The molecule has 0 saturated carbocycles. The molecule has 2 aromatic carbocycles. The molecule has 3 heterocycles. The average molecular weight is 477 g/mol. The standard InChI is InChI=1S/C26H24FN3O5/c27-19-6-3-17(4-7-19)23(29-9-12-34-13-10-29)15-28-24(31)18-5-8-21-22(14-18)26(33)30(25(21)32)16-20-2-1-11-35-20/h1-8,11,14,23H,9-10,12-13,15-16H2,(H,28,31)/t23-/m1/s1. The maximum absolute atomic E-state index is 13.5. The van der Waals surface area contributed by atoms with Crippen LogP contribution in [0.3, 0.4) is 0 Å². The third-order valence-corrected chi connectivity index (χ3v) is 6.32. The Morgan fingerprint density at radius 1 is 1.00 bits per heavy atom. The van der Waals surface area contributed by atoms with Gasteiger partial charge < -0.3 is 14.5 Å². The molecule has 1 aromatic heterocycles. The minimum Gasteiger partial charge on any atom is -0.467 e. The highest BCUT2D eigenvalue weighted by Crippen LogP contribution is 2.26. The lowest BCUT2D eigenvalue weighted by molar-refractivity contribution is 0.0162. The van der Waals surface area contributed by atoms with Gasteiger partial charge in [0.25, 0.3) is 17.7 Å². The monoisotopic (exact) mass is 477 g/mol. The van der Waals surface area contributed by atoms with Crippen LogP contribution in [0.25, 0.3) is 0 Å². The molecule has 3 aromatic rings. The fourth-order valence-corrected chi connectivity index (χ4v) is 4.46. The van der Waals surface area contributed by atoms with Gasteiger partial charge in [-0.05, 0) is 48.0 Å². The first-order valence-electron chi connectivity index (χ1n) is 11.4. The molecule has 0 radical (unpaired) electrons. The SMILES string of the molecule is O=C(NC[C@H](c1ccc(F)cc1)N1CCOCC1)c1ccc2c(c1)C(=O)N(Cc1ccco1)C2=O. The van der Waals surface area contributed by atoms with Crippen molar-refractivity contribution in [1.29, 1.82) is 0 Å². The number of carbonyl (C=O) groups excluding carboxylic acids is 3. The molecule has 180 valence electrons. The van der Waals surface area contributed by atoms with Gasteiger partial charge in [-0.3, -0.25) is 24.2 Å². The van der Waals surface area contributed by atoms with Gasteiger partial charge in [-0.15, -0.1) is 0 Å². The molecular formula is C26H24FN3O5. The largest absolute Gasteiger partial charge is 0.467 e. The molecule has 0 unspecified atom stereocenters. The normalized spacial score (nSPS) is 16.9. The van der Waals surface area contributed by atoms with Gasteiger partial charge in [-0.25, -0.2) is 4.39 Å². The summed E-state index contributed by atoms with van der Waals surface area (Å²) in [6.45, 7) is 2.87. The molecule has 3 amide bonds. The second kappa shape index (κ2) is 9.81. The van der Waals surface area contributed by atoms with Crippen LogP contribution in [0.15, 0.2) is 65.3 Å². The number of nitrogens with one attached hydrogen (secondary N) is 1. The topological polar surface area (TPSA) is 92.1 Å². The zero-order valence-electron chi connectivity index (χ0n) is 18.9. The number of nitrogens with zero attached hydrogens (tertiary/aromatic N) is 2. The molecule has 2 aliphatic heterocycles. The first-order valence-corrected chi connectivity index (χ1v) is 11.4. The van der Waals surface area contributed by atoms with E-state index in [1.807, 2.05) is 0 Å². The van der Waals surface area contributed by atoms with E-state index in [-0.39, 0.29) is 41.0 Å². The van der Waals surface area contributed by atoms with E-state index in [0.717, 1.165) is 10.5 Å². The number of ether oxygens (including phenoxy) is 1. The first kappa shape index (κ1) is 22.9. The van der Waals surface area contributed by atoms with E-state index < -0.39 is 11.8 Å². The van der Waals surface area contributed by atoms with E-state index in [4.69, 9.17) is 9.15 Å². The molecule has 9 heteroatoms. The number of hydrogen-bond donors (Lipinski definition) is 1. The van der Waals surface area contributed by atoms with Crippen LogP contribution in [0.4, 0.5) is 4.39 Å². The van der Waals surface area contributed by atoms with Gasteiger partial charge in [0.1, 0.15) is 11.6 Å². The summed E-state index contributed by atoms with van der Waals surface area (Å²) in [6, 6.07) is 14.0. The van der Waals surface area contributed by atoms with Crippen molar-refractivity contribution in [2.45, 2.75) is 12.6 Å². The maximum Gasteiger partial charge on any atom is 0.261 e. The summed E-state index contributed by atoms with van der Waals surface area (Å²) >= 11 is 0. The maximum atomic E-state index is 13.5. The summed E-state index contributed by atoms with van der Waals surface area (Å²) in [5, 5.41) is 2.93. The molecule has 1 fully saturated rings. The fraction of sp³-hybridized carbons (Fsp3) is 0.269. The predicted octanol–water partition coefficient (Wildman–Crippen LogP) is 3.02. The van der Waals surface area contributed by atoms with Crippen LogP contribution in [-0.2, 0) is 11.3 Å². The fourth-order valence-electron chi connectivity index (χ4n) is 4.46. The quantitative estimate of drug-likeness (QED) is 0.526. The van der Waals surface area contributed by atoms with Crippen LogP contribution in [0.1, 0.15) is 48.4 Å². The Morgan fingerprint density at radius 3 is 2.46 bits per heavy atom. The Hall–Kier alpha value is -3.82. The highest BCUT2D eigenvalue weighted by molar-refractivity contribution is 6.22. The predicted molar refractivity (Wildman–Crippen MR) is 123 cm³/mol. The second-order valence-electron chi connectivity index (χ2n) is 8.46. The number of imide groups is 1. The highest BCUT2D eigenvalue weighted by atomic mass is 19.1. The van der Waals surface area contributed by atoms with Crippen molar-refractivity contribution in [3.05, 3.63) is 94.7 Å². The van der Waals surface area contributed by atoms with Crippen molar-refractivity contribution in [3.63, 3.8) is 0 Å². The van der Waals surface area contributed by atoms with E-state index in [1.165, 1.54) is 36.6 Å². The van der Waals surface area contributed by atoms with Crippen molar-refractivity contribution in [1.82, 2.24) is 15.1 Å². The van der Waals surface area contributed by atoms with Gasteiger partial charge in [0.15, 0.2) is 0 Å². The molecule has 5 rings (SSSR count). The van der Waals surface area contributed by atoms with E-state index in [9.17, 15) is 18.8 Å². The van der Waals surface area contributed by atoms with Crippen LogP contribution in [0.2, 0.25) is 0 Å². The number of morpholine rings is 1. The Kier molecular flexibility index (Phi) is 6.43. The summed E-state index contributed by atoms with van der Waals surface area (Å²) < 4.78 is 24.2. The van der Waals surface area contributed by atoms with Gasteiger partial charge in [0.05, 0.1) is 43.2 Å². The van der Waals surface area contributed by atoms with Crippen LogP contribution in [0, 0.1) is 5.82 Å². The Morgan fingerprint density at radius 2 is 1.74 bits per heavy atom. The summed E-state index contributed by atoms with van der Waals surface area (Å²) in [6.07, 6.45) is 1.48. The number of hydrogen-bond acceptors (Lipinski definition) is 6. The number of furan rings is 1. The van der Waals surface area contributed by atoms with Gasteiger partial charge in [0, 0.05) is 25.2 Å². The van der Waals surface area contributed by atoms with Gasteiger partial charge in [0.2, 0.25) is 0 Å². The lowest BCUT2D eigenvalue weighted by atomic mass is 10.0. The highest BCUT2D eigenvalue weighted by Gasteiger charge is 2.36. The van der Waals surface area contributed by atoms with Crippen LogP contribution < -0.4 is 5.32 Å². The van der Waals surface area contributed by atoms with Crippen LogP contribution in [-0.4, -0.2) is 60.4 Å². The Balaban J connectivity index is 1.31. The number of amides is 3. The summed E-state index contributed by atoms with van der Waals surface area (Å²) in [5.74, 6) is -1.08. The van der Waals surface area contributed by atoms with Crippen molar-refractivity contribution in [2.75, 3.05) is 32.8 Å². The molecule has 8 nitrogen and oxygen atoms in total. The van der Waals surface area contributed by atoms with Crippen LogP contribution in [0.5, 0.6) is 0 Å². The van der Waals surface area contributed by atoms with Gasteiger partial charge in [-0.1, -0.05) is 12.1 Å². The van der Waals surface area contributed by atoms with Crippen molar-refractivity contribution >= 4 is 17.7 Å². The average Bonchev–Trinajstić information content (AvgIpc) is 3.48. The Bertz CT molecular complexity index is 1240. The van der Waals surface area contributed by atoms with E-state index in [2.05, 4.69) is 10.2 Å². The van der Waals surface area contributed by atoms with Crippen molar-refractivity contribution < 1.29 is 27.9 Å². The second-order valence-corrected chi connectivity index (χ2v) is 8.46. The molecule has 1 saturated heterocycles. The number of rotatable bonds is 7. The minimum atomic E-state index is -0.464. The third kappa shape index (κ3) is 4.73. The number of halogens is 1. The van der Waals surface area contributed by atoms with E-state index in [0.29, 0.717) is 38.6 Å². The summed E-state index contributed by atoms with van der Waals surface area (Å²) in [4.78, 5) is 41.9. The molecular weight excluding hydrogens is 453 g/mol. The van der Waals surface area contributed by atoms with Crippen molar-refractivity contribution in [2.24, 2.45) is 0 Å². The smallest absolute Gasteiger partial charge is 0.261 e. The van der Waals surface area contributed by atoms with Gasteiger partial charge in [-0.2, -0.15) is 0 Å². The third-order valence-electron chi connectivity index (χ3n) is 6.32. The lowest BCUT2D eigenvalue weighted by Gasteiger charge is -2.35. The molecule has 2 aliphatic rings.